The summed E-state index contributed by atoms with van der Waals surface area (Å²) in [4.78, 5) is 25.4. The second-order valence-electron chi connectivity index (χ2n) is 9.15. The third kappa shape index (κ3) is 6.73. The molecular weight excluding hydrogens is 471 g/mol. The molecule has 4 nitrogen and oxygen atoms in total. The number of hydrogen-bond donors (Lipinski definition) is 0. The van der Waals surface area contributed by atoms with Crippen molar-refractivity contribution in [1.29, 1.82) is 0 Å². The monoisotopic (exact) mass is 516 g/mol. The van der Waals surface area contributed by atoms with Crippen LogP contribution in [-0.4, -0.2) is 44.5 Å². The molecule has 0 aromatic rings. The van der Waals surface area contributed by atoms with E-state index in [0.717, 1.165) is 0 Å². The molecule has 0 aliphatic heterocycles. The molecule has 0 N–H and O–H groups in total. The van der Waals surface area contributed by atoms with Crippen LogP contribution < -0.4 is 0 Å². The summed E-state index contributed by atoms with van der Waals surface area (Å²) in [7, 11) is 2.74. The van der Waals surface area contributed by atoms with E-state index in [9.17, 15) is 9.59 Å². The zero-order valence-corrected chi connectivity index (χ0v) is 22.4. The van der Waals surface area contributed by atoms with Gasteiger partial charge in [-0.2, -0.15) is 0 Å². The Balaban J connectivity index is 3.21. The van der Waals surface area contributed by atoms with E-state index in [1.165, 1.54) is 70.5 Å². The van der Waals surface area contributed by atoms with Gasteiger partial charge in [0, 0.05) is 0 Å². The molecule has 0 saturated heterocycles. The van der Waals surface area contributed by atoms with Gasteiger partial charge in [0.1, 0.15) is 0 Å². The summed E-state index contributed by atoms with van der Waals surface area (Å²) in [5, 5.41) is 0. The minimum absolute atomic E-state index is 0.189. The van der Waals surface area contributed by atoms with Crippen LogP contribution in [0.2, 0.25) is 17.7 Å². The first kappa shape index (κ1) is 26.5. The molecule has 0 radical (unpaired) electrons. The number of hydrogen-bond acceptors (Lipinski definition) is 4. The van der Waals surface area contributed by atoms with E-state index in [-0.39, 0.29) is 5.92 Å². The van der Waals surface area contributed by atoms with Crippen molar-refractivity contribution in [3.8, 4) is 0 Å². The minimum atomic E-state index is -2.39. The molecule has 1 aliphatic carbocycles. The molecule has 5 heteroatoms. The average Bonchev–Trinajstić information content (AvgIpc) is 3.12. The zero-order valence-electron chi connectivity index (χ0n) is 19.6. The number of carbonyl (C=O) groups is 2. The Morgan fingerprint density at radius 3 is 1.72 bits per heavy atom. The van der Waals surface area contributed by atoms with E-state index in [2.05, 4.69) is 27.4 Å². The first-order valence-corrected chi connectivity index (χ1v) is 19.7. The Morgan fingerprint density at radius 2 is 1.38 bits per heavy atom. The van der Waals surface area contributed by atoms with E-state index in [4.69, 9.17) is 9.47 Å². The molecule has 1 rings (SSSR count). The maximum atomic E-state index is 12.7. The van der Waals surface area contributed by atoms with Crippen molar-refractivity contribution in [3.63, 3.8) is 0 Å². The number of rotatable bonds is 14. The van der Waals surface area contributed by atoms with Gasteiger partial charge in [-0.05, 0) is 0 Å². The molecule has 0 spiro atoms. The zero-order chi connectivity index (χ0) is 21.9. The van der Waals surface area contributed by atoms with Crippen LogP contribution in [0, 0.1) is 17.3 Å². The van der Waals surface area contributed by atoms with E-state index < -0.39 is 35.7 Å². The molecule has 1 fully saturated rings. The van der Waals surface area contributed by atoms with Gasteiger partial charge in [0.2, 0.25) is 0 Å². The van der Waals surface area contributed by atoms with E-state index >= 15 is 0 Å². The van der Waals surface area contributed by atoms with Crippen molar-refractivity contribution in [1.82, 2.24) is 0 Å². The molecule has 0 amide bonds. The summed E-state index contributed by atoms with van der Waals surface area (Å²) in [6.07, 6.45) is 10.8. The van der Waals surface area contributed by atoms with Gasteiger partial charge in [-0.25, -0.2) is 0 Å². The molecule has 0 aromatic heterocycles. The molecule has 1 aliphatic rings. The number of allylic oxidation sites excluding steroid dienone is 1. The van der Waals surface area contributed by atoms with Gasteiger partial charge in [-0.15, -0.1) is 0 Å². The van der Waals surface area contributed by atoms with Crippen LogP contribution in [0.4, 0.5) is 0 Å². The predicted octanol–water partition coefficient (Wildman–Crippen LogP) is 6.38. The standard InChI is InChI=1S/C12H17O4.3C4H9.Sn/c1-5-9-7-12(6-8(9)2,10(13)15-3)11(14)16-4;3*1-3-4-2;/h5,8-9H,1-2,6-7H2,3-4H3;3*1,3-4H2,2H3;/t8-,9+;;;;/m1..../s1. The molecule has 0 aromatic carbocycles. The van der Waals surface area contributed by atoms with Crippen molar-refractivity contribution >= 4 is 30.3 Å². The Labute approximate surface area is 183 Å². The summed E-state index contributed by atoms with van der Waals surface area (Å²) >= 11 is -2.39. The van der Waals surface area contributed by atoms with Crippen LogP contribution in [-0.2, 0) is 19.1 Å². The predicted molar refractivity (Wildman–Crippen MR) is 123 cm³/mol. The normalized spacial score (nSPS) is 21.0. The molecule has 0 heterocycles. The van der Waals surface area contributed by atoms with Crippen LogP contribution >= 0.6 is 0 Å². The molecule has 0 bridgehead atoms. The number of carbonyl (C=O) groups excluding carboxylic acids is 2. The Hall–Kier alpha value is -0.521. The Morgan fingerprint density at radius 1 is 0.931 bits per heavy atom. The summed E-state index contributed by atoms with van der Waals surface area (Å²) in [5.41, 5.74) is -1.15. The van der Waals surface area contributed by atoms with Crippen molar-refractivity contribution in [2.75, 3.05) is 14.2 Å². The molecular formula is C24H44O4Sn. The van der Waals surface area contributed by atoms with Crippen LogP contribution in [0.15, 0.2) is 12.7 Å². The second-order valence-corrected chi connectivity index (χ2v) is 23.2. The van der Waals surface area contributed by atoms with Crippen LogP contribution in [0.3, 0.4) is 0 Å². The van der Waals surface area contributed by atoms with Gasteiger partial charge in [-0.3, -0.25) is 0 Å². The first-order valence-electron chi connectivity index (χ1n) is 11.7. The third-order valence-electron chi connectivity index (χ3n) is 7.13. The number of esters is 2. The fourth-order valence-corrected chi connectivity index (χ4v) is 23.2. The fraction of sp³-hybridized carbons (Fsp3) is 0.833. The number of methoxy groups -OCH3 is 2. The molecule has 168 valence electrons. The summed E-state index contributed by atoms with van der Waals surface area (Å²) in [6, 6.07) is 0. The van der Waals surface area contributed by atoms with Gasteiger partial charge < -0.3 is 0 Å². The molecule has 29 heavy (non-hydrogen) atoms. The van der Waals surface area contributed by atoms with Crippen LogP contribution in [0.5, 0.6) is 0 Å². The fourth-order valence-electron chi connectivity index (χ4n) is 5.45. The topological polar surface area (TPSA) is 52.6 Å². The van der Waals surface area contributed by atoms with Crippen molar-refractivity contribution in [2.45, 2.75) is 89.9 Å². The van der Waals surface area contributed by atoms with Gasteiger partial charge in [-0.1, -0.05) is 0 Å². The molecule has 2 atom stereocenters. The van der Waals surface area contributed by atoms with Crippen molar-refractivity contribution in [3.05, 3.63) is 12.7 Å². The molecule has 1 saturated carbocycles. The summed E-state index contributed by atoms with van der Waals surface area (Å²) in [6.45, 7) is 10.9. The Bertz CT molecular complexity index is 493. The Kier molecular flexibility index (Phi) is 11.9. The first-order chi connectivity index (χ1) is 13.9. The number of unbranched alkanes of at least 4 members (excludes halogenated alkanes) is 3. The third-order valence-corrected chi connectivity index (χ3v) is 23.2. The van der Waals surface area contributed by atoms with Gasteiger partial charge in [0.05, 0.1) is 0 Å². The maximum absolute atomic E-state index is 12.7. The second kappa shape index (κ2) is 13.0. The van der Waals surface area contributed by atoms with E-state index in [1.54, 1.807) is 0 Å². The average molecular weight is 515 g/mol. The summed E-state index contributed by atoms with van der Waals surface area (Å²) in [5.74, 6) is -0.327. The quantitative estimate of drug-likeness (QED) is 0.117. The molecule has 0 unspecified atom stereocenters. The summed E-state index contributed by atoms with van der Waals surface area (Å²) < 4.78 is 15.7. The van der Waals surface area contributed by atoms with E-state index in [1.807, 2.05) is 6.08 Å². The van der Waals surface area contributed by atoms with Crippen molar-refractivity contribution in [2.24, 2.45) is 17.3 Å². The number of ether oxygens (including phenoxy) is 2. The van der Waals surface area contributed by atoms with Crippen LogP contribution in [0.25, 0.3) is 0 Å². The van der Waals surface area contributed by atoms with Crippen LogP contribution in [0.1, 0.15) is 72.1 Å². The van der Waals surface area contributed by atoms with Gasteiger partial charge in [0.25, 0.3) is 0 Å². The van der Waals surface area contributed by atoms with E-state index in [0.29, 0.717) is 18.8 Å². The SMILES string of the molecule is C=C[C@H]1CC(C(=O)OC)(C(=O)OC)C[C@H]1[CH2][Sn]([CH2]CCC)([CH2]CCC)[CH2]CCC. The van der Waals surface area contributed by atoms with Gasteiger partial charge >= 0.3 is 183 Å². The van der Waals surface area contributed by atoms with Gasteiger partial charge in [0.15, 0.2) is 0 Å². The van der Waals surface area contributed by atoms with Crippen molar-refractivity contribution < 1.29 is 19.1 Å².